The van der Waals surface area contributed by atoms with Crippen LogP contribution < -0.4 is 16.4 Å². The van der Waals surface area contributed by atoms with Crippen molar-refractivity contribution < 1.29 is 37.8 Å². The number of thiazole rings is 2. The van der Waals surface area contributed by atoms with Crippen LogP contribution in [0.4, 0.5) is 0 Å². The van der Waals surface area contributed by atoms with E-state index in [2.05, 4.69) is 35.6 Å². The first-order chi connectivity index (χ1) is 24.9. The van der Waals surface area contributed by atoms with E-state index in [-0.39, 0.29) is 35.0 Å². The van der Waals surface area contributed by atoms with Crippen LogP contribution in [0.15, 0.2) is 66.9 Å². The van der Waals surface area contributed by atoms with Gasteiger partial charge in [-0.1, -0.05) is 50.6 Å². The van der Waals surface area contributed by atoms with E-state index < -0.39 is 42.0 Å². The largest absolute Gasteiger partial charge is 0.480 e. The molecule has 0 bridgehead atoms. The first-order valence-electron chi connectivity index (χ1n) is 16.1. The van der Waals surface area contributed by atoms with Crippen molar-refractivity contribution in [1.29, 1.82) is 0 Å². The molecule has 0 saturated carbocycles. The summed E-state index contributed by atoms with van der Waals surface area (Å²) in [4.78, 5) is 60.8. The molecule has 5 aromatic heterocycles. The minimum absolute atomic E-state index is 0.0620. The summed E-state index contributed by atoms with van der Waals surface area (Å²) in [5.41, 5.74) is 8.13. The average Bonchev–Trinajstić information content (AvgIpc) is 3.98. The molecule has 0 radical (unpaired) electrons. The van der Waals surface area contributed by atoms with Crippen molar-refractivity contribution in [3.63, 3.8) is 0 Å². The van der Waals surface area contributed by atoms with Crippen LogP contribution in [0.3, 0.4) is 0 Å². The fourth-order valence-corrected chi connectivity index (χ4v) is 6.44. The van der Waals surface area contributed by atoms with Crippen LogP contribution in [0.5, 0.6) is 0 Å². The molecule has 16 nitrogen and oxygen atoms in total. The number of rotatable bonds is 14. The summed E-state index contributed by atoms with van der Waals surface area (Å²) in [7, 11) is 0. The van der Waals surface area contributed by atoms with Crippen molar-refractivity contribution in [3.8, 4) is 55.9 Å². The Morgan fingerprint density at radius 3 is 2.21 bits per heavy atom. The second-order valence-corrected chi connectivity index (χ2v) is 13.6. The average molecular weight is 747 g/mol. The van der Waals surface area contributed by atoms with E-state index >= 15 is 0 Å². The Balaban J connectivity index is 1.24. The van der Waals surface area contributed by atoms with Gasteiger partial charge in [0.1, 0.15) is 57.7 Å². The number of aliphatic hydroxyl groups excluding tert-OH is 1. The first-order valence-corrected chi connectivity index (χ1v) is 17.9. The van der Waals surface area contributed by atoms with E-state index in [1.54, 1.807) is 36.6 Å². The maximum absolute atomic E-state index is 13.8. The van der Waals surface area contributed by atoms with Gasteiger partial charge in [-0.2, -0.15) is 0 Å². The van der Waals surface area contributed by atoms with Gasteiger partial charge in [-0.25, -0.2) is 24.9 Å². The third-order valence-electron chi connectivity index (χ3n) is 8.11. The van der Waals surface area contributed by atoms with Crippen LogP contribution in [-0.4, -0.2) is 71.1 Å². The summed E-state index contributed by atoms with van der Waals surface area (Å²) >= 11 is 2.63. The highest BCUT2D eigenvalue weighted by molar-refractivity contribution is 7.15. The molecule has 5 atom stereocenters. The predicted octanol–water partition coefficient (Wildman–Crippen LogP) is 5.01. The van der Waals surface area contributed by atoms with E-state index in [4.69, 9.17) is 19.0 Å². The SMILES string of the molecule is CC[C@H](C)[C@@H](NC(=O)c1nc(-c2csc(-c3csc(-c4coc(-c5coc([C@@H](N)[C@@H](C)O)n5)n4)n3)n2)oc1-c1ccccc1)C(=O)N[C@@H](C)C(=O)O. The van der Waals surface area contributed by atoms with E-state index in [0.717, 1.165) is 0 Å². The van der Waals surface area contributed by atoms with Crippen LogP contribution in [0.1, 0.15) is 56.5 Å². The Kier molecular flexibility index (Phi) is 10.7. The number of aliphatic carboxylic acids is 1. The molecule has 0 fully saturated rings. The number of carbonyl (C=O) groups is 3. The van der Waals surface area contributed by atoms with Gasteiger partial charge < -0.3 is 39.8 Å². The van der Waals surface area contributed by atoms with Crippen LogP contribution in [0.25, 0.3) is 55.9 Å². The molecule has 2 amide bonds. The number of nitrogens with one attached hydrogen (secondary N) is 2. The molecule has 0 saturated heterocycles. The quantitative estimate of drug-likeness (QED) is 0.0983. The molecule has 6 rings (SSSR count). The number of hydrogen-bond acceptors (Lipinski definition) is 15. The molecule has 5 heterocycles. The van der Waals surface area contributed by atoms with Crippen molar-refractivity contribution in [2.24, 2.45) is 11.7 Å². The van der Waals surface area contributed by atoms with E-state index in [0.29, 0.717) is 44.8 Å². The maximum Gasteiger partial charge on any atom is 0.325 e. The third-order valence-corrected chi connectivity index (χ3v) is 9.83. The number of hydrogen-bond donors (Lipinski definition) is 5. The zero-order chi connectivity index (χ0) is 37.1. The van der Waals surface area contributed by atoms with Crippen LogP contribution in [0.2, 0.25) is 0 Å². The fraction of sp³-hybridized carbons (Fsp3) is 0.294. The first kappa shape index (κ1) is 36.2. The standard InChI is InChI=1S/C34H34N8O8S2/c1-5-15(2)24(27(44)36-16(3)34(46)47)41-28(45)25-26(18-9-7-6-8-10-18)50-30(42-25)21-13-51-33(39-21)22-14-52-32(40-22)20-12-48-29(38-20)19-11-49-31(37-19)23(35)17(4)43/h6-17,23-24,43H,5,35H2,1-4H3,(H,36,44)(H,41,45)(H,46,47)/t15-,16-,17+,23-,24+/m0/s1. The van der Waals surface area contributed by atoms with Crippen molar-refractivity contribution in [1.82, 2.24) is 35.6 Å². The number of amides is 2. The lowest BCUT2D eigenvalue weighted by Crippen LogP contribution is -2.53. The predicted molar refractivity (Wildman–Crippen MR) is 190 cm³/mol. The minimum Gasteiger partial charge on any atom is -0.480 e. The van der Waals surface area contributed by atoms with E-state index in [9.17, 15) is 24.6 Å². The van der Waals surface area contributed by atoms with Crippen LogP contribution in [-0.2, 0) is 9.59 Å². The van der Waals surface area contributed by atoms with Crippen molar-refractivity contribution >= 4 is 40.5 Å². The van der Waals surface area contributed by atoms with Gasteiger partial charge in [0.05, 0.1) is 6.10 Å². The molecule has 0 aliphatic carbocycles. The second-order valence-electron chi connectivity index (χ2n) is 11.9. The van der Waals surface area contributed by atoms with Gasteiger partial charge in [0.2, 0.25) is 23.6 Å². The van der Waals surface area contributed by atoms with Gasteiger partial charge in [-0.05, 0) is 19.8 Å². The van der Waals surface area contributed by atoms with Gasteiger partial charge in [-0.15, -0.1) is 22.7 Å². The molecule has 0 aliphatic rings. The number of carboxylic acids is 1. The highest BCUT2D eigenvalue weighted by atomic mass is 32.1. The lowest BCUT2D eigenvalue weighted by Gasteiger charge is -2.24. The molecule has 0 spiro atoms. The molecular weight excluding hydrogens is 713 g/mol. The Bertz CT molecular complexity index is 2190. The highest BCUT2D eigenvalue weighted by Gasteiger charge is 2.32. The van der Waals surface area contributed by atoms with Gasteiger partial charge in [-0.3, -0.25) is 14.4 Å². The highest BCUT2D eigenvalue weighted by Crippen LogP contribution is 2.35. The van der Waals surface area contributed by atoms with Crippen LogP contribution in [0, 0.1) is 5.92 Å². The lowest BCUT2D eigenvalue weighted by atomic mass is 9.97. The summed E-state index contributed by atoms with van der Waals surface area (Å²) in [6, 6.07) is 5.95. The number of carbonyl (C=O) groups excluding carboxylic acids is 2. The van der Waals surface area contributed by atoms with E-state index in [1.165, 1.54) is 49.0 Å². The number of carboxylic acid groups (broad SMARTS) is 1. The topological polar surface area (TPSA) is 246 Å². The summed E-state index contributed by atoms with van der Waals surface area (Å²) in [6.45, 7) is 6.53. The molecule has 270 valence electrons. The summed E-state index contributed by atoms with van der Waals surface area (Å²) < 4.78 is 17.1. The Hall–Kier alpha value is -5.56. The molecule has 52 heavy (non-hydrogen) atoms. The monoisotopic (exact) mass is 746 g/mol. The maximum atomic E-state index is 13.8. The summed E-state index contributed by atoms with van der Waals surface area (Å²) in [5.74, 6) is -2.21. The number of benzene rings is 1. The molecule has 0 aliphatic heterocycles. The minimum atomic E-state index is -1.20. The smallest absolute Gasteiger partial charge is 0.325 e. The fourth-order valence-electron chi connectivity index (χ4n) is 4.86. The number of nitrogens with two attached hydrogens (primary N) is 1. The summed E-state index contributed by atoms with van der Waals surface area (Å²) in [6.07, 6.45) is 2.48. The van der Waals surface area contributed by atoms with Gasteiger partial charge in [0.15, 0.2) is 17.1 Å². The lowest BCUT2D eigenvalue weighted by molar-refractivity contribution is -0.141. The molecule has 18 heteroatoms. The Morgan fingerprint density at radius 1 is 0.846 bits per heavy atom. The number of oxazole rings is 3. The molecular formula is C34H34N8O8S2. The van der Waals surface area contributed by atoms with Crippen molar-refractivity contribution in [2.45, 2.75) is 58.3 Å². The zero-order valence-electron chi connectivity index (χ0n) is 28.3. The van der Waals surface area contributed by atoms with E-state index in [1.807, 2.05) is 18.4 Å². The Morgan fingerprint density at radius 2 is 1.52 bits per heavy atom. The van der Waals surface area contributed by atoms with Gasteiger partial charge >= 0.3 is 5.97 Å². The normalized spacial score (nSPS) is 14.3. The zero-order valence-corrected chi connectivity index (χ0v) is 29.9. The number of aromatic nitrogens is 5. The molecule has 6 aromatic rings. The van der Waals surface area contributed by atoms with Gasteiger partial charge in [0.25, 0.3) is 5.91 Å². The number of aliphatic hydroxyl groups is 1. The van der Waals surface area contributed by atoms with Crippen molar-refractivity contribution in [3.05, 3.63) is 65.2 Å². The van der Waals surface area contributed by atoms with Crippen molar-refractivity contribution in [2.75, 3.05) is 0 Å². The van der Waals surface area contributed by atoms with Crippen LogP contribution >= 0.6 is 22.7 Å². The molecule has 0 unspecified atom stereocenters. The van der Waals surface area contributed by atoms with Gasteiger partial charge in [0, 0.05) is 16.3 Å². The molecule has 1 aromatic carbocycles. The summed E-state index contributed by atoms with van der Waals surface area (Å²) in [5, 5.41) is 28.9. The number of nitrogens with zero attached hydrogens (tertiary/aromatic N) is 5. The second kappa shape index (κ2) is 15.4. The Labute approximate surface area is 304 Å². The third kappa shape index (κ3) is 7.69. The molecule has 6 N–H and O–H groups in total.